The largest absolute Gasteiger partial charge is 0.450 e. The highest BCUT2D eigenvalue weighted by Gasteiger charge is 2.71. The number of rotatable bonds is 13. The number of carbonyl (C=O) groups is 6. The number of ether oxygens (including phenoxy) is 6. The molecule has 6 N–H and O–H groups in total. The lowest BCUT2D eigenvalue weighted by Gasteiger charge is -2.39. The maximum atomic E-state index is 12.1. The van der Waals surface area contributed by atoms with Gasteiger partial charge in [-0.1, -0.05) is 128 Å². The van der Waals surface area contributed by atoms with Crippen molar-refractivity contribution in [2.45, 2.75) is 532 Å². The first-order valence-electron chi connectivity index (χ1n) is 56.8. The highest BCUT2D eigenvalue weighted by atomic mass is 16.6. The molecule has 12 aliphatic carbocycles. The molecule has 12 saturated heterocycles. The molecule has 0 radical (unpaired) electrons. The van der Waals surface area contributed by atoms with E-state index in [1.54, 1.807) is 12.2 Å². The van der Waals surface area contributed by atoms with E-state index in [-0.39, 0.29) is 69.4 Å². The number of piperidine rings is 6. The first-order chi connectivity index (χ1) is 66.1. The van der Waals surface area contributed by atoms with E-state index in [9.17, 15) is 28.8 Å². The SMILES string of the molecule is O=C1C=C2CC(NC3CC3)[C@@H]3C[C@@]2(O1)[C@H]1CCCCN31.O=C1C=C2CC(NC3CCCC3)[C@@H]3C[C@@]2(O1)[C@H]1CCCCN31.O=C1C=C2CC(NC3CCCCC3)[C@@H]3C[C@@]2(O1)[C@H]1CCCCN31.O=C1C=C2CC(NC3CCCCCC3)[C@@H]3C[C@@]2(O1)[C@H]1CCCCN31.O=C1C=C2CC(NC3CCCCCCC3)[C@@H]3C[C@@]2(O1)[C@H]1CCCCN31.O=C1C=C2CC(NCC3CC3)[C@@H]3C[C@@]2(O1)[C@H]1CCCCN31. The fourth-order valence-corrected chi connectivity index (χ4v) is 35.2. The first-order valence-corrected chi connectivity index (χ1v) is 56.8. The molecule has 24 heteroatoms. The summed E-state index contributed by atoms with van der Waals surface area (Å²) in [6.07, 6.45) is 81.2. The Hall–Kier alpha value is -5.22. The number of carbonyl (C=O) groups excluding carboxylic acids is 6. The lowest BCUT2D eigenvalue weighted by atomic mass is 9.75. The van der Waals surface area contributed by atoms with E-state index < -0.39 is 0 Å². The van der Waals surface area contributed by atoms with Crippen molar-refractivity contribution in [2.24, 2.45) is 5.92 Å². The molecule has 135 heavy (non-hydrogen) atoms. The smallest absolute Gasteiger partial charge is 0.331 e. The van der Waals surface area contributed by atoms with Gasteiger partial charge in [-0.05, 0) is 278 Å². The third-order valence-corrected chi connectivity index (χ3v) is 41.4. The van der Waals surface area contributed by atoms with Crippen LogP contribution >= 0.6 is 0 Å². The van der Waals surface area contributed by atoms with Gasteiger partial charge in [0.15, 0.2) is 33.6 Å². The number of esters is 6. The van der Waals surface area contributed by atoms with E-state index in [1.807, 2.05) is 24.3 Å². The van der Waals surface area contributed by atoms with Gasteiger partial charge in [0, 0.05) is 178 Å². The molecule has 24 atom stereocenters. The minimum absolute atomic E-state index is 0.0900. The minimum Gasteiger partial charge on any atom is -0.450 e. The van der Waals surface area contributed by atoms with E-state index in [1.165, 1.54) is 355 Å². The molecule has 30 rings (SSSR count). The average molecular weight is 1860 g/mol. The summed E-state index contributed by atoms with van der Waals surface area (Å²) in [5.41, 5.74) is 6.21. The van der Waals surface area contributed by atoms with Gasteiger partial charge in [0.25, 0.3) is 0 Å². The number of nitrogens with zero attached hydrogens (tertiary/aromatic N) is 6. The summed E-state index contributed by atoms with van der Waals surface area (Å²) >= 11 is 0. The van der Waals surface area contributed by atoms with Crippen LogP contribution in [0.4, 0.5) is 0 Å². The topological polar surface area (TPSA) is 249 Å². The highest BCUT2D eigenvalue weighted by molar-refractivity contribution is 5.90. The Balaban J connectivity index is 0.0000000865. The molecule has 24 nitrogen and oxygen atoms in total. The summed E-state index contributed by atoms with van der Waals surface area (Å²) < 4.78 is 35.6. The normalized spacial score (nSPS) is 44.1. The van der Waals surface area contributed by atoms with Crippen molar-refractivity contribution in [2.75, 3.05) is 45.8 Å². The van der Waals surface area contributed by atoms with Gasteiger partial charge in [-0.15, -0.1) is 0 Å². The number of nitrogens with one attached hydrogen (secondary N) is 6. The summed E-state index contributed by atoms with van der Waals surface area (Å²) in [5, 5.41) is 23.7. The van der Waals surface area contributed by atoms with Crippen LogP contribution in [0.1, 0.15) is 360 Å². The van der Waals surface area contributed by atoms with Gasteiger partial charge < -0.3 is 60.3 Å². The predicted octanol–water partition coefficient (Wildman–Crippen LogP) is 13.9. The molecule has 24 fully saturated rings. The van der Waals surface area contributed by atoms with Gasteiger partial charge in [0.05, 0.1) is 36.3 Å². The zero-order valence-electron chi connectivity index (χ0n) is 81.5. The molecule has 0 amide bonds. The number of hydrogen-bond acceptors (Lipinski definition) is 24. The minimum atomic E-state index is -0.263. The maximum Gasteiger partial charge on any atom is 0.331 e. The second-order valence-electron chi connectivity index (χ2n) is 48.9. The molecule has 18 aliphatic heterocycles. The molecule has 0 aromatic carbocycles. The first kappa shape index (κ1) is 91.0. The van der Waals surface area contributed by atoms with Crippen molar-refractivity contribution >= 4 is 35.8 Å². The summed E-state index contributed by atoms with van der Waals surface area (Å²) in [4.78, 5) is 88.1. The lowest BCUT2D eigenvalue weighted by molar-refractivity contribution is -0.149. The van der Waals surface area contributed by atoms with Crippen molar-refractivity contribution in [1.82, 2.24) is 61.3 Å². The van der Waals surface area contributed by atoms with Gasteiger partial charge >= 0.3 is 35.8 Å². The van der Waals surface area contributed by atoms with Crippen LogP contribution < -0.4 is 31.9 Å². The Kier molecular flexibility index (Phi) is 25.1. The molecule has 12 saturated carbocycles. The monoisotopic (exact) mass is 1860 g/mol. The van der Waals surface area contributed by atoms with Gasteiger partial charge in [-0.25, -0.2) is 28.8 Å². The summed E-state index contributed by atoms with van der Waals surface area (Å²) in [6.45, 7) is 8.27. The highest BCUT2D eigenvalue weighted by Crippen LogP contribution is 2.62. The van der Waals surface area contributed by atoms with Crippen molar-refractivity contribution in [3.8, 4) is 0 Å². The molecular weight excluding hydrogens is 1690 g/mol. The fraction of sp³-hybridized carbons (Fsp3) is 0.838. The van der Waals surface area contributed by atoms with E-state index in [4.69, 9.17) is 28.4 Å². The molecule has 30 aliphatic rings. The van der Waals surface area contributed by atoms with Crippen LogP contribution in [-0.2, 0) is 57.2 Å². The Morgan fingerprint density at radius 2 is 0.407 bits per heavy atom. The third-order valence-electron chi connectivity index (χ3n) is 41.4. The summed E-state index contributed by atoms with van der Waals surface area (Å²) in [5.74, 6) is 0.342. The van der Waals surface area contributed by atoms with Crippen LogP contribution in [0.25, 0.3) is 0 Å². The van der Waals surface area contributed by atoms with Crippen molar-refractivity contribution in [3.05, 3.63) is 69.9 Å². The quantitative estimate of drug-likeness (QED) is 0.0570. The van der Waals surface area contributed by atoms with E-state index in [2.05, 4.69) is 61.3 Å². The molecule has 738 valence electrons. The molecule has 0 aromatic heterocycles. The zero-order chi connectivity index (χ0) is 90.5. The fourth-order valence-electron chi connectivity index (χ4n) is 35.2. The summed E-state index contributed by atoms with van der Waals surface area (Å²) in [7, 11) is 0. The van der Waals surface area contributed by atoms with Gasteiger partial charge in [0.2, 0.25) is 0 Å². The Bertz CT molecular complexity index is 4670. The van der Waals surface area contributed by atoms with Crippen LogP contribution in [0.15, 0.2) is 69.9 Å². The second-order valence-corrected chi connectivity index (χ2v) is 48.9. The van der Waals surface area contributed by atoms with Gasteiger partial charge in [-0.3, -0.25) is 29.4 Å². The third kappa shape index (κ3) is 16.5. The molecule has 6 spiro atoms. The van der Waals surface area contributed by atoms with Crippen LogP contribution in [0.3, 0.4) is 0 Å². The second kappa shape index (κ2) is 37.2. The molecule has 0 aromatic rings. The Morgan fingerprint density at radius 1 is 0.222 bits per heavy atom. The average Bonchev–Trinajstić information content (AvgIpc) is 1.58. The molecular formula is C111H162N12O12. The van der Waals surface area contributed by atoms with E-state index >= 15 is 0 Å². The number of fused-ring (bicyclic) bond motifs is 18. The summed E-state index contributed by atoms with van der Waals surface area (Å²) in [6, 6.07) is 12.6. The molecule has 6 unspecified atom stereocenters. The zero-order valence-corrected chi connectivity index (χ0v) is 81.5. The number of hydrogen-bond donors (Lipinski definition) is 6. The molecule has 12 bridgehead atoms. The lowest BCUT2D eigenvalue weighted by Crippen LogP contribution is -2.53. The van der Waals surface area contributed by atoms with Gasteiger partial charge in [-0.2, -0.15) is 0 Å². The Morgan fingerprint density at radius 3 is 0.630 bits per heavy atom. The van der Waals surface area contributed by atoms with Crippen molar-refractivity contribution in [3.63, 3.8) is 0 Å². The predicted molar refractivity (Wildman–Crippen MR) is 515 cm³/mol. The maximum absolute atomic E-state index is 12.1. The van der Waals surface area contributed by atoms with Crippen LogP contribution in [0.5, 0.6) is 0 Å². The molecule has 18 heterocycles. The standard InChI is InChI=1S/C21H32N2O2.C20H30N2O2.C19H28N2O2.C18H26N2O2.C17H24N2O2.C16H22N2O2/c24-20-13-15-12-17(22-16-8-4-2-1-3-5-9-16)18-14-21(15,25-20)19-10-6-7-11-23(18)19;23-19-12-14-11-16(21-15-7-3-1-2-4-8-15)17-13-20(14,24-19)18-9-5-6-10-22(17)18;22-18-11-13-10-15(20-14-6-2-1-3-7-14)16-12-19(13,23-18)17-8-4-5-9-21(16)17;21-17-10-12-9-14(19-13-5-1-2-6-13)15-11-18(12,22-17)16-7-3-4-8-20(15)16;20-16-8-12-7-13(18-10-11-4-5-11)14-9-17(12,21-16)15-3-1-2-6-19(14)15;19-15-8-10-7-12(17-11-4-5-11)13-9-16(10,20-15)14-3-1-2-6-18(13)14/h13,16-19,22H,1-12,14H2;12,15-18,21H,1-11,13H2;11,14-17,20H,1-10,12H2;10,13-16,19H,1-9,11H2;8,11,13-15,18H,1-7,9-10H2;8,11-14,17H,1-7,9H2/t17?,18-,19+,21-;16?,17-,18+,20-;15?,16-,17+,19-;14?,15-,16+,18-;13?,14-,15+,17-;12?,13-,14+,16-/m000000/s1. The van der Waals surface area contributed by atoms with Gasteiger partial charge in [0.1, 0.15) is 0 Å². The van der Waals surface area contributed by atoms with Crippen LogP contribution in [-0.4, -0.2) is 284 Å². The van der Waals surface area contributed by atoms with E-state index in [0.717, 1.165) is 95.6 Å². The Labute approximate surface area is 803 Å². The van der Waals surface area contributed by atoms with Crippen LogP contribution in [0.2, 0.25) is 0 Å². The van der Waals surface area contributed by atoms with E-state index in [0.29, 0.717) is 133 Å². The van der Waals surface area contributed by atoms with Crippen LogP contribution in [0, 0.1) is 5.92 Å². The van der Waals surface area contributed by atoms with Crippen molar-refractivity contribution < 1.29 is 57.2 Å². The van der Waals surface area contributed by atoms with Crippen molar-refractivity contribution in [1.29, 1.82) is 0 Å².